The molecule has 1 spiro atoms. The van der Waals surface area contributed by atoms with E-state index in [1.54, 1.807) is 0 Å². The topological polar surface area (TPSA) is 15.3 Å². The average molecular weight is 264 g/mol. The van der Waals surface area contributed by atoms with E-state index in [9.17, 15) is 0 Å². The summed E-state index contributed by atoms with van der Waals surface area (Å²) in [5.41, 5.74) is 1.89. The number of hydrogen-bond donors (Lipinski definition) is 1. The summed E-state index contributed by atoms with van der Waals surface area (Å²) in [4.78, 5) is 2.75. The van der Waals surface area contributed by atoms with E-state index in [1.807, 2.05) is 0 Å². The smallest absolute Gasteiger partial charge is 0.0309 e. The molecule has 2 nitrogen and oxygen atoms in total. The lowest BCUT2D eigenvalue weighted by atomic mass is 9.79. The fourth-order valence-electron chi connectivity index (χ4n) is 3.73. The monoisotopic (exact) mass is 264 g/mol. The van der Waals surface area contributed by atoms with Gasteiger partial charge in [-0.05, 0) is 33.1 Å². The fourth-order valence-corrected chi connectivity index (χ4v) is 3.73. The van der Waals surface area contributed by atoms with E-state index in [-0.39, 0.29) is 0 Å². The predicted octanol–water partition coefficient (Wildman–Crippen LogP) is 3.73. The van der Waals surface area contributed by atoms with Crippen molar-refractivity contribution in [1.82, 2.24) is 10.2 Å². The van der Waals surface area contributed by atoms with Crippen molar-refractivity contribution < 1.29 is 0 Å². The van der Waals surface area contributed by atoms with Crippen LogP contribution < -0.4 is 5.32 Å². The molecule has 1 aliphatic heterocycles. The number of nitrogens with zero attached hydrogens (tertiary/aromatic N) is 1. The summed E-state index contributed by atoms with van der Waals surface area (Å²) in [6.07, 6.45) is 12.1. The first-order valence-electron chi connectivity index (χ1n) is 8.28. The van der Waals surface area contributed by atoms with Crippen LogP contribution in [0.15, 0.2) is 11.6 Å². The second-order valence-corrected chi connectivity index (χ2v) is 6.88. The number of allylic oxidation sites excluding steroid dienone is 1. The quantitative estimate of drug-likeness (QED) is 0.778. The standard InChI is InChI=1S/C17H32N2/c1-4-8-16-13-18-17(10-6-5-7-11-17)14-19(16)12-9-15(2)3/h9,16,18H,4-8,10-14H2,1-3H3. The molecule has 0 aromatic carbocycles. The van der Waals surface area contributed by atoms with Crippen LogP contribution in [0.2, 0.25) is 0 Å². The Hall–Kier alpha value is -0.340. The Bertz CT molecular complexity index is 298. The highest BCUT2D eigenvalue weighted by atomic mass is 15.2. The number of piperazine rings is 1. The minimum Gasteiger partial charge on any atom is -0.308 e. The molecule has 0 aromatic heterocycles. The van der Waals surface area contributed by atoms with Crippen LogP contribution in [-0.2, 0) is 0 Å². The molecule has 19 heavy (non-hydrogen) atoms. The van der Waals surface area contributed by atoms with Crippen LogP contribution in [0, 0.1) is 0 Å². The largest absolute Gasteiger partial charge is 0.308 e. The van der Waals surface area contributed by atoms with E-state index in [0.717, 1.165) is 12.6 Å². The molecule has 2 fully saturated rings. The van der Waals surface area contributed by atoms with Crippen molar-refractivity contribution in [2.24, 2.45) is 0 Å². The number of rotatable bonds is 4. The molecule has 2 heteroatoms. The summed E-state index contributed by atoms with van der Waals surface area (Å²) < 4.78 is 0. The predicted molar refractivity (Wildman–Crippen MR) is 83.5 cm³/mol. The molecule has 110 valence electrons. The highest BCUT2D eigenvalue weighted by molar-refractivity contribution is 5.03. The van der Waals surface area contributed by atoms with Gasteiger partial charge in [0.1, 0.15) is 0 Å². The zero-order valence-corrected chi connectivity index (χ0v) is 13.2. The summed E-state index contributed by atoms with van der Waals surface area (Å²) in [7, 11) is 0. The Morgan fingerprint density at radius 2 is 2.00 bits per heavy atom. The molecule has 0 amide bonds. The van der Waals surface area contributed by atoms with Gasteiger partial charge in [0.05, 0.1) is 0 Å². The Kier molecular flexibility index (Phi) is 5.47. The third-order valence-corrected chi connectivity index (χ3v) is 4.90. The van der Waals surface area contributed by atoms with Gasteiger partial charge in [-0.1, -0.05) is 44.3 Å². The van der Waals surface area contributed by atoms with Crippen molar-refractivity contribution >= 4 is 0 Å². The second-order valence-electron chi connectivity index (χ2n) is 6.88. The van der Waals surface area contributed by atoms with E-state index in [2.05, 4.69) is 37.1 Å². The van der Waals surface area contributed by atoms with E-state index in [0.29, 0.717) is 5.54 Å². The molecule has 0 aromatic rings. The Morgan fingerprint density at radius 3 is 2.63 bits per heavy atom. The van der Waals surface area contributed by atoms with Gasteiger partial charge in [-0.3, -0.25) is 4.90 Å². The molecule has 1 atom stereocenters. The van der Waals surface area contributed by atoms with Crippen molar-refractivity contribution in [1.29, 1.82) is 0 Å². The normalized spacial score (nSPS) is 27.4. The summed E-state index contributed by atoms with van der Waals surface area (Å²) in [5.74, 6) is 0. The maximum absolute atomic E-state index is 3.92. The van der Waals surface area contributed by atoms with Gasteiger partial charge in [-0.15, -0.1) is 0 Å². The number of hydrogen-bond acceptors (Lipinski definition) is 2. The summed E-state index contributed by atoms with van der Waals surface area (Å²) in [6.45, 7) is 10.4. The highest BCUT2D eigenvalue weighted by Crippen LogP contribution is 2.32. The molecule has 0 bridgehead atoms. The zero-order valence-electron chi connectivity index (χ0n) is 13.2. The lowest BCUT2D eigenvalue weighted by Crippen LogP contribution is -2.64. The van der Waals surface area contributed by atoms with Crippen LogP contribution in [0.3, 0.4) is 0 Å². The van der Waals surface area contributed by atoms with Gasteiger partial charge in [-0.25, -0.2) is 0 Å². The van der Waals surface area contributed by atoms with Crippen molar-refractivity contribution in [2.45, 2.75) is 77.3 Å². The van der Waals surface area contributed by atoms with Crippen LogP contribution in [-0.4, -0.2) is 36.1 Å². The van der Waals surface area contributed by atoms with Crippen molar-refractivity contribution in [2.75, 3.05) is 19.6 Å². The maximum Gasteiger partial charge on any atom is 0.0309 e. The molecular formula is C17H32N2. The SMILES string of the molecule is CCCC1CNC2(CCCCC2)CN1CC=C(C)C. The molecule has 1 heterocycles. The molecule has 1 saturated heterocycles. The van der Waals surface area contributed by atoms with Crippen LogP contribution in [0.4, 0.5) is 0 Å². The van der Waals surface area contributed by atoms with E-state index >= 15 is 0 Å². The van der Waals surface area contributed by atoms with Crippen LogP contribution in [0.1, 0.15) is 65.7 Å². The lowest BCUT2D eigenvalue weighted by molar-refractivity contribution is 0.0604. The van der Waals surface area contributed by atoms with Gasteiger partial charge in [0.15, 0.2) is 0 Å². The fraction of sp³-hybridized carbons (Fsp3) is 0.882. The molecule has 2 rings (SSSR count). The van der Waals surface area contributed by atoms with Crippen LogP contribution in [0.5, 0.6) is 0 Å². The third-order valence-electron chi connectivity index (χ3n) is 4.90. The second kappa shape index (κ2) is 6.90. The summed E-state index contributed by atoms with van der Waals surface area (Å²) >= 11 is 0. The van der Waals surface area contributed by atoms with E-state index in [1.165, 1.54) is 63.6 Å². The van der Waals surface area contributed by atoms with Crippen molar-refractivity contribution in [3.63, 3.8) is 0 Å². The molecule has 1 N–H and O–H groups in total. The highest BCUT2D eigenvalue weighted by Gasteiger charge is 2.38. The summed E-state index contributed by atoms with van der Waals surface area (Å²) in [6, 6.07) is 0.744. The first-order valence-corrected chi connectivity index (χ1v) is 8.28. The molecule has 1 saturated carbocycles. The van der Waals surface area contributed by atoms with E-state index in [4.69, 9.17) is 0 Å². The first kappa shape index (κ1) is 15.1. The molecule has 1 aliphatic carbocycles. The minimum atomic E-state index is 0.442. The average Bonchev–Trinajstić information content (AvgIpc) is 2.40. The van der Waals surface area contributed by atoms with Gasteiger partial charge in [0, 0.05) is 31.2 Å². The van der Waals surface area contributed by atoms with Gasteiger partial charge in [0.25, 0.3) is 0 Å². The Balaban J connectivity index is 2.01. The zero-order chi connectivity index (χ0) is 13.7. The molecule has 0 radical (unpaired) electrons. The van der Waals surface area contributed by atoms with E-state index < -0.39 is 0 Å². The maximum atomic E-state index is 3.92. The molecular weight excluding hydrogens is 232 g/mol. The number of nitrogens with one attached hydrogen (secondary N) is 1. The Labute approximate surface area is 119 Å². The van der Waals surface area contributed by atoms with Crippen molar-refractivity contribution in [3.05, 3.63) is 11.6 Å². The summed E-state index contributed by atoms with van der Waals surface area (Å²) in [5, 5.41) is 3.92. The van der Waals surface area contributed by atoms with Gasteiger partial charge >= 0.3 is 0 Å². The van der Waals surface area contributed by atoms with Gasteiger partial charge in [0.2, 0.25) is 0 Å². The minimum absolute atomic E-state index is 0.442. The first-order chi connectivity index (χ1) is 9.15. The van der Waals surface area contributed by atoms with Crippen molar-refractivity contribution in [3.8, 4) is 0 Å². The lowest BCUT2D eigenvalue weighted by Gasteiger charge is -2.49. The third kappa shape index (κ3) is 4.06. The Morgan fingerprint density at radius 1 is 1.26 bits per heavy atom. The van der Waals surface area contributed by atoms with Crippen LogP contribution in [0.25, 0.3) is 0 Å². The van der Waals surface area contributed by atoms with Gasteiger partial charge in [-0.2, -0.15) is 0 Å². The molecule has 1 unspecified atom stereocenters. The van der Waals surface area contributed by atoms with Gasteiger partial charge < -0.3 is 5.32 Å². The van der Waals surface area contributed by atoms with Crippen LogP contribution >= 0.6 is 0 Å². The molecule has 2 aliphatic rings.